The molecular weight excluding hydrogens is 388 g/mol. The van der Waals surface area contributed by atoms with Crippen molar-refractivity contribution in [1.29, 1.82) is 0 Å². The van der Waals surface area contributed by atoms with Crippen LogP contribution in [-0.2, 0) is 4.79 Å². The van der Waals surface area contributed by atoms with E-state index >= 15 is 0 Å². The van der Waals surface area contributed by atoms with Crippen molar-refractivity contribution in [2.24, 2.45) is 0 Å². The fourth-order valence-corrected chi connectivity index (χ4v) is 3.46. The predicted octanol–water partition coefficient (Wildman–Crippen LogP) is 4.75. The Morgan fingerprint density at radius 2 is 1.96 bits per heavy atom. The van der Waals surface area contributed by atoms with E-state index in [1.807, 2.05) is 6.92 Å². The molecule has 2 aromatic carbocycles. The summed E-state index contributed by atoms with van der Waals surface area (Å²) < 4.78 is 32.1. The first-order valence-electron chi connectivity index (χ1n) is 8.76. The molecular formula is C20H16ClF2N3O2. The zero-order valence-electron chi connectivity index (χ0n) is 14.9. The predicted molar refractivity (Wildman–Crippen MR) is 98.6 cm³/mol. The number of aromatic nitrogens is 2. The standard InChI is InChI=1S/C20H16ClF2N3O2/c1-11(12-2-5-15(22)6-3-12)26-10-14(9-18(26)27)20-24-19(25-28-20)13-4-7-16(21)17(23)8-13/h2-8,11,14H,9-10H2,1H3. The van der Waals surface area contributed by atoms with Crippen LogP contribution in [0, 0.1) is 11.6 Å². The van der Waals surface area contributed by atoms with E-state index in [0.717, 1.165) is 5.56 Å². The summed E-state index contributed by atoms with van der Waals surface area (Å²) in [6, 6.07) is 10.1. The lowest BCUT2D eigenvalue weighted by atomic mass is 10.1. The van der Waals surface area contributed by atoms with Gasteiger partial charge >= 0.3 is 0 Å². The molecule has 0 spiro atoms. The van der Waals surface area contributed by atoms with Gasteiger partial charge in [0.1, 0.15) is 11.6 Å². The summed E-state index contributed by atoms with van der Waals surface area (Å²) >= 11 is 5.69. The molecule has 2 unspecified atom stereocenters. The maximum atomic E-state index is 13.7. The zero-order valence-corrected chi connectivity index (χ0v) is 15.7. The number of hydrogen-bond acceptors (Lipinski definition) is 4. The summed E-state index contributed by atoms with van der Waals surface area (Å²) in [5.41, 5.74) is 1.29. The lowest BCUT2D eigenvalue weighted by Crippen LogP contribution is -2.28. The minimum Gasteiger partial charge on any atom is -0.339 e. The molecule has 0 N–H and O–H groups in total. The molecule has 5 nitrogen and oxygen atoms in total. The molecule has 0 saturated carbocycles. The van der Waals surface area contributed by atoms with Crippen molar-refractivity contribution >= 4 is 17.5 Å². The highest BCUT2D eigenvalue weighted by Crippen LogP contribution is 2.34. The molecule has 4 rings (SSSR count). The molecule has 1 amide bonds. The summed E-state index contributed by atoms with van der Waals surface area (Å²) in [4.78, 5) is 18.5. The normalized spacial score (nSPS) is 17.9. The number of likely N-dealkylation sites (tertiary alicyclic amines) is 1. The Morgan fingerprint density at radius 3 is 2.68 bits per heavy atom. The molecule has 28 heavy (non-hydrogen) atoms. The van der Waals surface area contributed by atoms with Gasteiger partial charge < -0.3 is 9.42 Å². The largest absolute Gasteiger partial charge is 0.339 e. The summed E-state index contributed by atoms with van der Waals surface area (Å²) in [5, 5.41) is 3.91. The molecule has 1 aliphatic heterocycles. The van der Waals surface area contributed by atoms with Crippen LogP contribution in [0.1, 0.15) is 36.8 Å². The second kappa shape index (κ2) is 7.31. The molecule has 1 aliphatic rings. The molecule has 1 fully saturated rings. The van der Waals surface area contributed by atoms with Crippen molar-refractivity contribution in [2.75, 3.05) is 6.54 Å². The van der Waals surface area contributed by atoms with Gasteiger partial charge in [-0.1, -0.05) is 28.9 Å². The van der Waals surface area contributed by atoms with Gasteiger partial charge in [0.15, 0.2) is 0 Å². The Hall–Kier alpha value is -2.80. The maximum absolute atomic E-state index is 13.7. The third-order valence-electron chi connectivity index (χ3n) is 4.95. The average molecular weight is 404 g/mol. The van der Waals surface area contributed by atoms with Crippen molar-refractivity contribution in [1.82, 2.24) is 15.0 Å². The molecule has 3 aromatic rings. The van der Waals surface area contributed by atoms with Crippen molar-refractivity contribution in [2.45, 2.75) is 25.3 Å². The van der Waals surface area contributed by atoms with Crippen LogP contribution in [0.3, 0.4) is 0 Å². The summed E-state index contributed by atoms with van der Waals surface area (Å²) in [5.74, 6) is -0.622. The number of carbonyl (C=O) groups excluding carboxylic acids is 1. The van der Waals surface area contributed by atoms with Crippen molar-refractivity contribution in [3.8, 4) is 11.4 Å². The highest BCUT2D eigenvalue weighted by atomic mass is 35.5. The van der Waals surface area contributed by atoms with Crippen LogP contribution in [0.25, 0.3) is 11.4 Å². The van der Waals surface area contributed by atoms with Gasteiger partial charge in [0.2, 0.25) is 17.6 Å². The van der Waals surface area contributed by atoms with E-state index in [2.05, 4.69) is 10.1 Å². The topological polar surface area (TPSA) is 59.2 Å². The third kappa shape index (κ3) is 3.49. The zero-order chi connectivity index (χ0) is 19.8. The quantitative estimate of drug-likeness (QED) is 0.631. The van der Waals surface area contributed by atoms with E-state index in [9.17, 15) is 13.6 Å². The summed E-state index contributed by atoms with van der Waals surface area (Å²) in [6.07, 6.45) is 0.238. The first kappa shape index (κ1) is 18.6. The van der Waals surface area contributed by atoms with Gasteiger partial charge in [-0.05, 0) is 42.8 Å². The fraction of sp³-hybridized carbons (Fsp3) is 0.250. The number of nitrogens with zero attached hydrogens (tertiary/aromatic N) is 3. The van der Waals surface area contributed by atoms with Gasteiger partial charge in [0.25, 0.3) is 0 Å². The number of carbonyl (C=O) groups is 1. The third-order valence-corrected chi connectivity index (χ3v) is 5.25. The molecule has 0 radical (unpaired) electrons. The molecule has 1 saturated heterocycles. The highest BCUT2D eigenvalue weighted by Gasteiger charge is 2.37. The second-order valence-corrected chi connectivity index (χ2v) is 7.17. The monoisotopic (exact) mass is 403 g/mol. The number of benzene rings is 2. The van der Waals surface area contributed by atoms with Crippen LogP contribution in [-0.4, -0.2) is 27.5 Å². The van der Waals surface area contributed by atoms with Crippen LogP contribution in [0.5, 0.6) is 0 Å². The maximum Gasteiger partial charge on any atom is 0.232 e. The Morgan fingerprint density at radius 1 is 1.21 bits per heavy atom. The molecule has 0 bridgehead atoms. The van der Waals surface area contributed by atoms with E-state index < -0.39 is 5.82 Å². The smallest absolute Gasteiger partial charge is 0.232 e. The summed E-state index contributed by atoms with van der Waals surface area (Å²) in [7, 11) is 0. The highest BCUT2D eigenvalue weighted by molar-refractivity contribution is 6.30. The lowest BCUT2D eigenvalue weighted by molar-refractivity contribution is -0.129. The molecule has 0 aliphatic carbocycles. The number of hydrogen-bond donors (Lipinski definition) is 0. The van der Waals surface area contributed by atoms with Gasteiger partial charge in [0, 0.05) is 18.5 Å². The van der Waals surface area contributed by atoms with E-state index in [4.69, 9.17) is 16.1 Å². The number of halogens is 3. The lowest BCUT2D eigenvalue weighted by Gasteiger charge is -2.25. The van der Waals surface area contributed by atoms with Gasteiger partial charge in [-0.15, -0.1) is 0 Å². The Balaban J connectivity index is 1.52. The van der Waals surface area contributed by atoms with Crippen molar-refractivity contribution in [3.05, 3.63) is 70.6 Å². The minimum atomic E-state index is -0.569. The van der Waals surface area contributed by atoms with Crippen LogP contribution in [0.2, 0.25) is 5.02 Å². The second-order valence-electron chi connectivity index (χ2n) is 6.76. The van der Waals surface area contributed by atoms with Crippen molar-refractivity contribution in [3.63, 3.8) is 0 Å². The van der Waals surface area contributed by atoms with E-state index in [1.165, 1.54) is 24.3 Å². The van der Waals surface area contributed by atoms with Crippen molar-refractivity contribution < 1.29 is 18.1 Å². The van der Waals surface area contributed by atoms with Crippen LogP contribution in [0.15, 0.2) is 47.0 Å². The van der Waals surface area contributed by atoms with Gasteiger partial charge in [-0.3, -0.25) is 4.79 Å². The Kier molecular flexibility index (Phi) is 4.85. The SMILES string of the molecule is CC(c1ccc(F)cc1)N1CC(c2nc(-c3ccc(Cl)c(F)c3)no2)CC1=O. The van der Waals surface area contributed by atoms with Crippen LogP contribution in [0.4, 0.5) is 8.78 Å². The van der Waals surface area contributed by atoms with E-state index in [1.54, 1.807) is 23.1 Å². The molecule has 2 atom stereocenters. The van der Waals surface area contributed by atoms with E-state index in [-0.39, 0.29) is 41.0 Å². The minimum absolute atomic E-state index is 0.0132. The molecule has 8 heteroatoms. The Labute approximate surface area is 164 Å². The first-order chi connectivity index (χ1) is 13.4. The number of rotatable bonds is 4. The molecule has 2 heterocycles. The summed E-state index contributed by atoms with van der Waals surface area (Å²) in [6.45, 7) is 2.30. The Bertz CT molecular complexity index is 1020. The van der Waals surface area contributed by atoms with Gasteiger partial charge in [-0.2, -0.15) is 4.98 Å². The molecule has 1 aromatic heterocycles. The number of amides is 1. The fourth-order valence-electron chi connectivity index (χ4n) is 3.35. The van der Waals surface area contributed by atoms with Crippen LogP contribution >= 0.6 is 11.6 Å². The van der Waals surface area contributed by atoms with Gasteiger partial charge in [0.05, 0.1) is 17.0 Å². The first-order valence-corrected chi connectivity index (χ1v) is 9.14. The van der Waals surface area contributed by atoms with Crippen LogP contribution < -0.4 is 0 Å². The average Bonchev–Trinajstić information content (AvgIpc) is 3.31. The molecule has 144 valence electrons. The van der Waals surface area contributed by atoms with Gasteiger partial charge in [-0.25, -0.2) is 8.78 Å². The van der Waals surface area contributed by atoms with E-state index in [0.29, 0.717) is 18.0 Å².